The van der Waals surface area contributed by atoms with Crippen LogP contribution in [0.5, 0.6) is 0 Å². The molecule has 12 heavy (non-hydrogen) atoms. The fourth-order valence-electron chi connectivity index (χ4n) is 1.04. The van der Waals surface area contributed by atoms with Gasteiger partial charge in [0.05, 0.1) is 4.34 Å². The lowest BCUT2D eigenvalue weighted by molar-refractivity contribution is 1.72. The summed E-state index contributed by atoms with van der Waals surface area (Å²) in [5.41, 5.74) is 0. The summed E-state index contributed by atoms with van der Waals surface area (Å²) in [7, 11) is 0. The van der Waals surface area contributed by atoms with Crippen LogP contribution < -0.4 is 0 Å². The fraction of sp³-hybridized carbons (Fsp3) is 0. The molecule has 0 saturated heterocycles. The van der Waals surface area contributed by atoms with E-state index in [1.165, 1.54) is 13.7 Å². The van der Waals surface area contributed by atoms with Crippen LogP contribution in [0.2, 0.25) is 4.34 Å². The van der Waals surface area contributed by atoms with Crippen LogP contribution in [0.3, 0.4) is 0 Å². The topological polar surface area (TPSA) is 0 Å². The Balaban J connectivity index is 2.88. The predicted molar refractivity (Wildman–Crippen MR) is 67.3 cm³/mol. The van der Waals surface area contributed by atoms with Gasteiger partial charge in [-0.2, -0.15) is 0 Å². The maximum absolute atomic E-state index is 5.91. The number of hydrogen-bond acceptors (Lipinski definition) is 1. The minimum Gasteiger partial charge on any atom is -0.122 e. The van der Waals surface area contributed by atoms with Gasteiger partial charge in [-0.3, -0.25) is 0 Å². The van der Waals surface area contributed by atoms with Gasteiger partial charge < -0.3 is 0 Å². The van der Waals surface area contributed by atoms with Crippen molar-refractivity contribution < 1.29 is 0 Å². The fourth-order valence-corrected chi connectivity index (χ4v) is 4.05. The summed E-state index contributed by atoms with van der Waals surface area (Å²) in [4.78, 5) is 0. The molecule has 0 nitrogen and oxygen atoms in total. The molecule has 2 rings (SSSR count). The molecular formula is C8H3BrClIS. The molecule has 0 aliphatic carbocycles. The van der Waals surface area contributed by atoms with Gasteiger partial charge in [0, 0.05) is 12.7 Å². The molecule has 0 aliphatic heterocycles. The minimum atomic E-state index is 0.848. The lowest BCUT2D eigenvalue weighted by Crippen LogP contribution is -1.70. The summed E-state index contributed by atoms with van der Waals surface area (Å²) in [6.07, 6.45) is 0. The highest BCUT2D eigenvalue weighted by molar-refractivity contribution is 14.1. The van der Waals surface area contributed by atoms with Gasteiger partial charge in [0.25, 0.3) is 0 Å². The standard InChI is InChI=1S/C8H3BrClIS/c9-5-1-4-2-7(10)12-8(4)6(11)3-5/h1-3H. The Kier molecular flexibility index (Phi) is 2.65. The number of halogens is 3. The van der Waals surface area contributed by atoms with E-state index in [2.05, 4.69) is 50.7 Å². The van der Waals surface area contributed by atoms with Crippen LogP contribution in [0.15, 0.2) is 22.7 Å². The first-order valence-electron chi connectivity index (χ1n) is 3.21. The minimum absolute atomic E-state index is 0.848. The molecule has 0 radical (unpaired) electrons. The number of fused-ring (bicyclic) bond motifs is 1. The summed E-state index contributed by atoms with van der Waals surface area (Å²) in [5, 5.41) is 1.21. The van der Waals surface area contributed by atoms with Gasteiger partial charge in [-0.05, 0) is 46.2 Å². The van der Waals surface area contributed by atoms with Gasteiger partial charge in [0.15, 0.2) is 0 Å². The zero-order valence-electron chi connectivity index (χ0n) is 5.77. The van der Waals surface area contributed by atoms with E-state index < -0.39 is 0 Å². The molecule has 1 heterocycles. The molecule has 2 aromatic rings. The van der Waals surface area contributed by atoms with E-state index in [-0.39, 0.29) is 0 Å². The summed E-state index contributed by atoms with van der Waals surface area (Å²) >= 11 is 13.3. The van der Waals surface area contributed by atoms with Crippen LogP contribution in [-0.2, 0) is 0 Å². The molecule has 0 fully saturated rings. The monoisotopic (exact) mass is 372 g/mol. The molecule has 62 valence electrons. The van der Waals surface area contributed by atoms with Crippen LogP contribution in [0.4, 0.5) is 0 Å². The van der Waals surface area contributed by atoms with E-state index in [1.54, 1.807) is 11.3 Å². The van der Waals surface area contributed by atoms with Crippen molar-refractivity contribution in [3.8, 4) is 0 Å². The van der Waals surface area contributed by atoms with Crippen LogP contribution in [0.25, 0.3) is 10.1 Å². The highest BCUT2D eigenvalue weighted by Gasteiger charge is 2.04. The smallest absolute Gasteiger partial charge is 0.0941 e. The second kappa shape index (κ2) is 3.44. The predicted octanol–water partition coefficient (Wildman–Crippen LogP) is 4.92. The number of benzene rings is 1. The molecule has 0 N–H and O–H groups in total. The molecule has 1 aromatic carbocycles. The Morgan fingerprint density at radius 3 is 2.83 bits per heavy atom. The molecule has 0 bridgehead atoms. The Bertz CT molecular complexity index is 438. The van der Waals surface area contributed by atoms with Crippen molar-refractivity contribution >= 4 is 71.5 Å². The molecule has 0 amide bonds. The summed E-state index contributed by atoms with van der Waals surface area (Å²) in [5.74, 6) is 0. The van der Waals surface area contributed by atoms with E-state index in [0.29, 0.717) is 0 Å². The van der Waals surface area contributed by atoms with Crippen molar-refractivity contribution in [1.82, 2.24) is 0 Å². The van der Waals surface area contributed by atoms with E-state index in [4.69, 9.17) is 11.6 Å². The molecule has 0 aliphatic rings. The average Bonchev–Trinajstić information content (AvgIpc) is 2.29. The molecule has 0 atom stereocenters. The SMILES string of the molecule is Clc1cc2cc(Br)cc(I)c2s1. The zero-order valence-corrected chi connectivity index (χ0v) is 11.1. The first-order chi connectivity index (χ1) is 5.66. The Labute approximate surface area is 101 Å². The van der Waals surface area contributed by atoms with Crippen molar-refractivity contribution in [3.05, 3.63) is 30.6 Å². The highest BCUT2D eigenvalue weighted by atomic mass is 127. The molecule has 4 heteroatoms. The zero-order chi connectivity index (χ0) is 8.72. The van der Waals surface area contributed by atoms with Gasteiger partial charge in [0.2, 0.25) is 0 Å². The third-order valence-electron chi connectivity index (χ3n) is 1.51. The van der Waals surface area contributed by atoms with Crippen LogP contribution in [-0.4, -0.2) is 0 Å². The molecule has 0 spiro atoms. The summed E-state index contributed by atoms with van der Waals surface area (Å²) < 4.78 is 4.47. The maximum Gasteiger partial charge on any atom is 0.0941 e. The second-order valence-electron chi connectivity index (χ2n) is 2.36. The first-order valence-corrected chi connectivity index (χ1v) is 6.27. The van der Waals surface area contributed by atoms with Gasteiger partial charge in [-0.15, -0.1) is 11.3 Å². The average molecular weight is 373 g/mol. The lowest BCUT2D eigenvalue weighted by atomic mass is 10.3. The molecular weight excluding hydrogens is 370 g/mol. The van der Waals surface area contributed by atoms with E-state index >= 15 is 0 Å². The van der Waals surface area contributed by atoms with E-state index in [0.717, 1.165) is 8.81 Å². The molecule has 1 aromatic heterocycles. The third kappa shape index (κ3) is 1.64. The van der Waals surface area contributed by atoms with Crippen molar-refractivity contribution in [2.24, 2.45) is 0 Å². The Hall–Kier alpha value is 0.680. The lowest BCUT2D eigenvalue weighted by Gasteiger charge is -1.94. The summed E-state index contributed by atoms with van der Waals surface area (Å²) in [6.45, 7) is 0. The Morgan fingerprint density at radius 1 is 1.33 bits per heavy atom. The maximum atomic E-state index is 5.91. The van der Waals surface area contributed by atoms with Crippen molar-refractivity contribution in [2.75, 3.05) is 0 Å². The second-order valence-corrected chi connectivity index (χ2v) is 6.12. The highest BCUT2D eigenvalue weighted by Crippen LogP contribution is 2.34. The van der Waals surface area contributed by atoms with Crippen LogP contribution >= 0.6 is 61.5 Å². The van der Waals surface area contributed by atoms with Crippen LogP contribution in [0, 0.1) is 3.57 Å². The largest absolute Gasteiger partial charge is 0.122 e. The first kappa shape index (κ1) is 9.24. The number of hydrogen-bond donors (Lipinski definition) is 0. The third-order valence-corrected chi connectivity index (χ3v) is 4.49. The normalized spacial score (nSPS) is 10.9. The molecule has 0 saturated carbocycles. The van der Waals surface area contributed by atoms with Gasteiger partial charge >= 0.3 is 0 Å². The Morgan fingerprint density at radius 2 is 2.08 bits per heavy atom. The summed E-state index contributed by atoms with van der Waals surface area (Å²) in [6, 6.07) is 6.17. The van der Waals surface area contributed by atoms with Crippen molar-refractivity contribution in [3.63, 3.8) is 0 Å². The number of thiophene rings is 1. The van der Waals surface area contributed by atoms with Crippen molar-refractivity contribution in [1.29, 1.82) is 0 Å². The van der Waals surface area contributed by atoms with E-state index in [9.17, 15) is 0 Å². The van der Waals surface area contributed by atoms with Crippen molar-refractivity contribution in [2.45, 2.75) is 0 Å². The van der Waals surface area contributed by atoms with Gasteiger partial charge in [0.1, 0.15) is 0 Å². The quantitative estimate of drug-likeness (QED) is 0.575. The van der Waals surface area contributed by atoms with E-state index in [1.807, 2.05) is 6.07 Å². The van der Waals surface area contributed by atoms with Gasteiger partial charge in [-0.25, -0.2) is 0 Å². The van der Waals surface area contributed by atoms with Crippen LogP contribution in [0.1, 0.15) is 0 Å². The van der Waals surface area contributed by atoms with Gasteiger partial charge in [-0.1, -0.05) is 27.5 Å². The number of rotatable bonds is 0. The molecule has 0 unspecified atom stereocenters.